The van der Waals surface area contributed by atoms with Crippen LogP contribution >= 0.6 is 15.9 Å². The second kappa shape index (κ2) is 5.78. The van der Waals surface area contributed by atoms with Crippen LogP contribution in [0.3, 0.4) is 0 Å². The molecule has 1 aliphatic rings. The van der Waals surface area contributed by atoms with Crippen molar-refractivity contribution in [2.24, 2.45) is 5.92 Å². The molecule has 1 aromatic carbocycles. The highest BCUT2D eigenvalue weighted by Gasteiger charge is 2.19. The lowest BCUT2D eigenvalue weighted by Crippen LogP contribution is -2.23. The van der Waals surface area contributed by atoms with Crippen LogP contribution in [0.2, 0.25) is 0 Å². The van der Waals surface area contributed by atoms with Gasteiger partial charge in [0, 0.05) is 29.5 Å². The van der Waals surface area contributed by atoms with Gasteiger partial charge in [-0.25, -0.2) is 0 Å². The predicted molar refractivity (Wildman–Crippen MR) is 73.3 cm³/mol. The van der Waals surface area contributed by atoms with Gasteiger partial charge >= 0.3 is 0 Å². The van der Waals surface area contributed by atoms with Gasteiger partial charge in [0.05, 0.1) is 0 Å². The highest BCUT2D eigenvalue weighted by Crippen LogP contribution is 2.17. The Balaban J connectivity index is 1.85. The highest BCUT2D eigenvalue weighted by atomic mass is 79.9. The quantitative estimate of drug-likeness (QED) is 0.794. The van der Waals surface area contributed by atoms with E-state index in [1.807, 2.05) is 24.3 Å². The Bertz CT molecular complexity index is 405. The average Bonchev–Trinajstić information content (AvgIpc) is 2.72. The molecule has 0 spiro atoms. The fraction of sp³-hybridized carbons (Fsp3) is 0.500. The van der Waals surface area contributed by atoms with Crippen LogP contribution in [0.1, 0.15) is 30.1 Å². The van der Waals surface area contributed by atoms with E-state index >= 15 is 0 Å². The van der Waals surface area contributed by atoms with Crippen molar-refractivity contribution >= 4 is 21.7 Å². The average molecular weight is 296 g/mol. The smallest absolute Gasteiger partial charge is 0.164 e. The lowest BCUT2D eigenvalue weighted by molar-refractivity contribution is 0.0968. The van der Waals surface area contributed by atoms with Crippen molar-refractivity contribution in [2.45, 2.75) is 19.8 Å². The first-order valence-electron chi connectivity index (χ1n) is 6.16. The van der Waals surface area contributed by atoms with Crippen LogP contribution in [-0.2, 0) is 0 Å². The van der Waals surface area contributed by atoms with E-state index < -0.39 is 0 Å². The summed E-state index contributed by atoms with van der Waals surface area (Å²) in [7, 11) is 0. The largest absolute Gasteiger partial charge is 0.303 e. The normalized spacial score (nSPS) is 20.7. The zero-order valence-corrected chi connectivity index (χ0v) is 11.7. The van der Waals surface area contributed by atoms with Crippen LogP contribution in [0.4, 0.5) is 0 Å². The third-order valence-electron chi connectivity index (χ3n) is 3.31. The molecule has 2 rings (SSSR count). The Morgan fingerprint density at radius 2 is 2.35 bits per heavy atom. The minimum absolute atomic E-state index is 0.242. The maximum absolute atomic E-state index is 12.0. The second-order valence-electron chi connectivity index (χ2n) is 4.88. The van der Waals surface area contributed by atoms with Crippen molar-refractivity contribution in [3.63, 3.8) is 0 Å². The lowest BCUT2D eigenvalue weighted by atomic mass is 10.1. The molecule has 0 amide bonds. The van der Waals surface area contributed by atoms with E-state index in [1.54, 1.807) is 0 Å². The number of nitrogens with zero attached hydrogens (tertiary/aromatic N) is 1. The molecule has 1 aliphatic heterocycles. The number of rotatable bonds is 4. The number of hydrogen-bond acceptors (Lipinski definition) is 2. The third kappa shape index (κ3) is 3.65. The summed E-state index contributed by atoms with van der Waals surface area (Å²) in [6, 6.07) is 7.64. The van der Waals surface area contributed by atoms with Crippen LogP contribution in [0.5, 0.6) is 0 Å². The van der Waals surface area contributed by atoms with Gasteiger partial charge in [0.25, 0.3) is 0 Å². The number of hydrogen-bond donors (Lipinski definition) is 0. The molecule has 1 unspecified atom stereocenters. The molecule has 2 nitrogen and oxygen atoms in total. The van der Waals surface area contributed by atoms with Crippen LogP contribution in [0.15, 0.2) is 28.7 Å². The third-order valence-corrected chi connectivity index (χ3v) is 3.80. The molecule has 0 aliphatic carbocycles. The molecule has 0 aromatic heterocycles. The van der Waals surface area contributed by atoms with E-state index in [-0.39, 0.29) is 5.78 Å². The van der Waals surface area contributed by atoms with Gasteiger partial charge in [0.1, 0.15) is 0 Å². The number of carbonyl (C=O) groups excluding carboxylic acids is 1. The predicted octanol–water partition coefficient (Wildman–Crippen LogP) is 3.36. The first kappa shape index (κ1) is 12.8. The van der Waals surface area contributed by atoms with E-state index in [1.165, 1.54) is 6.42 Å². The molecule has 0 N–H and O–H groups in total. The molecule has 1 heterocycles. The molecule has 17 heavy (non-hydrogen) atoms. The van der Waals surface area contributed by atoms with Crippen molar-refractivity contribution in [2.75, 3.05) is 19.6 Å². The zero-order valence-electron chi connectivity index (χ0n) is 10.2. The Kier molecular flexibility index (Phi) is 4.35. The molecular weight excluding hydrogens is 278 g/mol. The number of Topliss-reactive ketones (excluding diaryl/α,β-unsaturated/α-hetero) is 1. The van der Waals surface area contributed by atoms with Gasteiger partial charge in [-0.15, -0.1) is 0 Å². The fourth-order valence-corrected chi connectivity index (χ4v) is 2.69. The lowest BCUT2D eigenvalue weighted by Gasteiger charge is -2.14. The van der Waals surface area contributed by atoms with Gasteiger partial charge in [0.2, 0.25) is 0 Å². The number of carbonyl (C=O) groups is 1. The van der Waals surface area contributed by atoms with Crippen LogP contribution in [0.25, 0.3) is 0 Å². The van der Waals surface area contributed by atoms with E-state index in [2.05, 4.69) is 27.8 Å². The Morgan fingerprint density at radius 3 is 3.00 bits per heavy atom. The minimum atomic E-state index is 0.242. The molecule has 1 fully saturated rings. The van der Waals surface area contributed by atoms with Gasteiger partial charge < -0.3 is 4.90 Å². The van der Waals surface area contributed by atoms with E-state index in [0.717, 1.165) is 35.6 Å². The minimum Gasteiger partial charge on any atom is -0.303 e. The summed E-state index contributed by atoms with van der Waals surface area (Å²) in [5.74, 6) is 1.03. The fourth-order valence-electron chi connectivity index (χ4n) is 2.30. The van der Waals surface area contributed by atoms with Crippen molar-refractivity contribution in [3.8, 4) is 0 Å². The number of benzene rings is 1. The maximum Gasteiger partial charge on any atom is 0.164 e. The summed E-state index contributed by atoms with van der Waals surface area (Å²) >= 11 is 3.39. The van der Waals surface area contributed by atoms with Crippen LogP contribution in [-0.4, -0.2) is 30.3 Å². The SMILES string of the molecule is CC1CCN(CCC(=O)c2cccc(Br)c2)C1. The van der Waals surface area contributed by atoms with Crippen molar-refractivity contribution in [3.05, 3.63) is 34.3 Å². The topological polar surface area (TPSA) is 20.3 Å². The zero-order chi connectivity index (χ0) is 12.3. The van der Waals surface area contributed by atoms with Gasteiger partial charge in [-0.3, -0.25) is 4.79 Å². The summed E-state index contributed by atoms with van der Waals surface area (Å²) in [4.78, 5) is 14.4. The first-order chi connectivity index (χ1) is 8.15. The highest BCUT2D eigenvalue weighted by molar-refractivity contribution is 9.10. The monoisotopic (exact) mass is 295 g/mol. The molecule has 0 saturated carbocycles. The Morgan fingerprint density at radius 1 is 1.53 bits per heavy atom. The number of halogens is 1. The molecular formula is C14H18BrNO. The van der Waals surface area contributed by atoms with Gasteiger partial charge in [0.15, 0.2) is 5.78 Å². The van der Waals surface area contributed by atoms with Crippen molar-refractivity contribution < 1.29 is 4.79 Å². The summed E-state index contributed by atoms with van der Waals surface area (Å²) in [5, 5.41) is 0. The Hall–Kier alpha value is -0.670. The molecule has 92 valence electrons. The second-order valence-corrected chi connectivity index (χ2v) is 5.79. The standard InChI is InChI=1S/C14H18BrNO/c1-11-5-7-16(10-11)8-6-14(17)12-3-2-4-13(15)9-12/h2-4,9,11H,5-8,10H2,1H3. The maximum atomic E-state index is 12.0. The molecule has 3 heteroatoms. The van der Waals surface area contributed by atoms with E-state index in [0.29, 0.717) is 6.42 Å². The summed E-state index contributed by atoms with van der Waals surface area (Å²) in [6.45, 7) is 5.46. The first-order valence-corrected chi connectivity index (χ1v) is 6.95. The summed E-state index contributed by atoms with van der Waals surface area (Å²) in [6.07, 6.45) is 1.90. The van der Waals surface area contributed by atoms with Crippen molar-refractivity contribution in [1.29, 1.82) is 0 Å². The summed E-state index contributed by atoms with van der Waals surface area (Å²) in [5.41, 5.74) is 0.812. The van der Waals surface area contributed by atoms with Gasteiger partial charge in [-0.05, 0) is 31.0 Å². The van der Waals surface area contributed by atoms with E-state index in [4.69, 9.17) is 0 Å². The molecule has 0 radical (unpaired) electrons. The van der Waals surface area contributed by atoms with Crippen molar-refractivity contribution in [1.82, 2.24) is 4.90 Å². The van der Waals surface area contributed by atoms with E-state index in [9.17, 15) is 4.79 Å². The van der Waals surface area contributed by atoms with Gasteiger partial charge in [-0.2, -0.15) is 0 Å². The van der Waals surface area contributed by atoms with Crippen LogP contribution in [0, 0.1) is 5.92 Å². The number of likely N-dealkylation sites (tertiary alicyclic amines) is 1. The molecule has 1 aromatic rings. The van der Waals surface area contributed by atoms with Gasteiger partial charge in [-0.1, -0.05) is 35.0 Å². The molecule has 1 saturated heterocycles. The molecule has 1 atom stereocenters. The van der Waals surface area contributed by atoms with Crippen LogP contribution < -0.4 is 0 Å². The number of ketones is 1. The summed E-state index contributed by atoms with van der Waals surface area (Å²) < 4.78 is 0.971. The molecule has 0 bridgehead atoms. The Labute approximate surface area is 111 Å².